The van der Waals surface area contributed by atoms with Gasteiger partial charge in [0.15, 0.2) is 11.5 Å². The minimum Gasteiger partial charge on any atom is -0.346 e. The van der Waals surface area contributed by atoms with Crippen LogP contribution in [-0.2, 0) is 47.6 Å². The van der Waals surface area contributed by atoms with Gasteiger partial charge in [-0.2, -0.15) is 32.1 Å². The first-order valence-electron chi connectivity index (χ1n) is 17.8. The van der Waals surface area contributed by atoms with Gasteiger partial charge in [-0.05, 0) is 60.8 Å². The van der Waals surface area contributed by atoms with E-state index in [4.69, 9.17) is 4.98 Å². The number of rotatable bonds is 9. The Morgan fingerprint density at radius 3 is 2.55 bits per heavy atom. The summed E-state index contributed by atoms with van der Waals surface area (Å²) in [7, 11) is -0.471. The molecule has 20 heteroatoms. The van der Waals surface area contributed by atoms with Crippen LogP contribution in [0.25, 0.3) is 22.0 Å². The number of pyridine rings is 1. The molecule has 0 bridgehead atoms. The van der Waals surface area contributed by atoms with Crippen molar-refractivity contribution in [1.82, 2.24) is 39.4 Å². The molecule has 4 heterocycles. The number of nitrogens with one attached hydrogen (secondary N) is 2. The molecule has 8 rings (SSSR count). The molecule has 0 spiro atoms. The number of sulfonamides is 1. The van der Waals surface area contributed by atoms with E-state index in [0.29, 0.717) is 32.4 Å². The number of hydrogen-bond acceptors (Lipinski definition) is 7. The molecule has 12 nitrogen and oxygen atoms in total. The summed E-state index contributed by atoms with van der Waals surface area (Å²) in [6, 6.07) is 6.87. The number of allylic oxidation sites excluding steroid dienone is 4. The van der Waals surface area contributed by atoms with Gasteiger partial charge in [0.1, 0.15) is 35.3 Å². The highest BCUT2D eigenvalue weighted by Gasteiger charge is 2.68. The number of imidazole rings is 1. The van der Waals surface area contributed by atoms with Crippen LogP contribution in [0.1, 0.15) is 65.3 Å². The second kappa shape index (κ2) is 13.9. The van der Waals surface area contributed by atoms with Gasteiger partial charge in [-0.1, -0.05) is 12.1 Å². The molecule has 1 amide bonds. The number of carbonyl (C=O) groups is 1. The molecule has 0 aliphatic heterocycles. The maximum atomic E-state index is 15.4. The molecule has 1 fully saturated rings. The Labute approximate surface area is 325 Å². The summed E-state index contributed by atoms with van der Waals surface area (Å²) in [5, 5.41) is 10.9. The normalized spacial score (nSPS) is 20.1. The van der Waals surface area contributed by atoms with Crippen molar-refractivity contribution >= 4 is 32.7 Å². The standard InChI is InChI=1S/C38H32F7N9O3S/c1-52-18-46-16-23(52)9-7-22-8-10-24(25-5-4-6-26-33(25)53(2)50-36(26)51-58(3,56)57)32(47-22)29(13-19-11-20(39)14-21(40)12-19)48-30(55)17-54-35-31(34(49-54)38(43,44)45)27-15-28(27)37(35,41)42/h4-6,8,10-11,14,16,18-19,27-29H,12-13,15,17H2,1-3H3,(H,48,55)(H,50,51)/t19-,27-,28+,29-/m0/s1. The topological polar surface area (TPSA) is 142 Å². The van der Waals surface area contributed by atoms with Gasteiger partial charge in [0.2, 0.25) is 15.9 Å². The van der Waals surface area contributed by atoms with Crippen molar-refractivity contribution in [3.8, 4) is 23.0 Å². The Morgan fingerprint density at radius 1 is 1.09 bits per heavy atom. The number of halogens is 7. The van der Waals surface area contributed by atoms with Crippen LogP contribution in [-0.4, -0.2) is 54.7 Å². The molecule has 0 unspecified atom stereocenters. The summed E-state index contributed by atoms with van der Waals surface area (Å²) < 4.78 is 133. The largest absolute Gasteiger partial charge is 0.435 e. The van der Waals surface area contributed by atoms with Crippen LogP contribution in [0.5, 0.6) is 0 Å². The number of benzene rings is 1. The maximum absolute atomic E-state index is 15.4. The number of amides is 1. The molecular weight excluding hydrogens is 796 g/mol. The second-order valence-electron chi connectivity index (χ2n) is 14.6. The first kappa shape index (κ1) is 38.9. The fraction of sp³-hybridized carbons (Fsp3) is 0.342. The summed E-state index contributed by atoms with van der Waals surface area (Å²) in [6.07, 6.45) is 0.205. The average Bonchev–Trinajstić information content (AvgIpc) is 3.40. The fourth-order valence-corrected chi connectivity index (χ4v) is 8.40. The number of aryl methyl sites for hydroxylation is 2. The predicted molar refractivity (Wildman–Crippen MR) is 196 cm³/mol. The Bertz CT molecular complexity index is 2760. The third kappa shape index (κ3) is 7.22. The van der Waals surface area contributed by atoms with Crippen LogP contribution in [0.4, 0.5) is 36.6 Å². The van der Waals surface area contributed by atoms with Gasteiger partial charge in [0.05, 0.1) is 36.0 Å². The summed E-state index contributed by atoms with van der Waals surface area (Å²) >= 11 is 0. The Kier molecular flexibility index (Phi) is 9.29. The summed E-state index contributed by atoms with van der Waals surface area (Å²) in [4.78, 5) is 22.8. The first-order valence-corrected chi connectivity index (χ1v) is 19.7. The van der Waals surface area contributed by atoms with Gasteiger partial charge in [-0.3, -0.25) is 18.9 Å². The highest BCUT2D eigenvalue weighted by molar-refractivity contribution is 7.92. The number of nitrogens with zero attached hydrogens (tertiary/aromatic N) is 7. The van der Waals surface area contributed by atoms with E-state index in [9.17, 15) is 35.2 Å². The predicted octanol–water partition coefficient (Wildman–Crippen LogP) is 6.54. The molecule has 1 aromatic carbocycles. The van der Waals surface area contributed by atoms with Crippen molar-refractivity contribution in [3.63, 3.8) is 0 Å². The smallest absolute Gasteiger partial charge is 0.346 e. The molecule has 0 saturated heterocycles. The van der Waals surface area contributed by atoms with E-state index in [0.717, 1.165) is 18.4 Å². The van der Waals surface area contributed by atoms with E-state index in [1.54, 1.807) is 49.0 Å². The molecule has 3 aliphatic carbocycles. The number of hydrogen-bond donors (Lipinski definition) is 2. The van der Waals surface area contributed by atoms with E-state index >= 15 is 8.78 Å². The van der Waals surface area contributed by atoms with Crippen molar-refractivity contribution in [3.05, 3.63) is 101 Å². The van der Waals surface area contributed by atoms with Crippen molar-refractivity contribution in [1.29, 1.82) is 0 Å². The molecule has 58 heavy (non-hydrogen) atoms. The van der Waals surface area contributed by atoms with Crippen LogP contribution < -0.4 is 10.0 Å². The Hall–Kier alpha value is -5.97. The van der Waals surface area contributed by atoms with Gasteiger partial charge in [-0.25, -0.2) is 27.2 Å². The monoisotopic (exact) mass is 827 g/mol. The quantitative estimate of drug-likeness (QED) is 0.127. The van der Waals surface area contributed by atoms with Crippen LogP contribution in [0, 0.1) is 23.7 Å². The number of fused-ring (bicyclic) bond motifs is 4. The fourth-order valence-electron chi connectivity index (χ4n) is 7.90. The van der Waals surface area contributed by atoms with Crippen LogP contribution in [0.2, 0.25) is 0 Å². The van der Waals surface area contributed by atoms with Crippen LogP contribution >= 0.6 is 0 Å². The van der Waals surface area contributed by atoms with Gasteiger partial charge in [-0.15, -0.1) is 0 Å². The lowest BCUT2D eigenvalue weighted by atomic mass is 9.88. The molecule has 4 atom stereocenters. The number of aromatic nitrogens is 7. The number of anilines is 1. The van der Waals surface area contributed by atoms with Crippen molar-refractivity contribution in [2.45, 2.75) is 49.9 Å². The zero-order valence-electron chi connectivity index (χ0n) is 30.7. The molecule has 1 saturated carbocycles. The van der Waals surface area contributed by atoms with E-state index in [-0.39, 0.29) is 36.5 Å². The third-order valence-corrected chi connectivity index (χ3v) is 10.9. The highest BCUT2D eigenvalue weighted by Crippen LogP contribution is 2.68. The Morgan fingerprint density at radius 2 is 1.86 bits per heavy atom. The lowest BCUT2D eigenvalue weighted by molar-refractivity contribution is -0.142. The van der Waals surface area contributed by atoms with E-state index in [1.165, 1.54) is 17.2 Å². The molecule has 302 valence electrons. The van der Waals surface area contributed by atoms with Crippen molar-refractivity contribution in [2.24, 2.45) is 25.9 Å². The van der Waals surface area contributed by atoms with Crippen LogP contribution in [0.15, 0.2) is 66.7 Å². The molecule has 0 radical (unpaired) electrons. The minimum absolute atomic E-state index is 0.0179. The summed E-state index contributed by atoms with van der Waals surface area (Å²) in [5.74, 6) is -3.69. The molecule has 5 aromatic rings. The lowest BCUT2D eigenvalue weighted by Gasteiger charge is -2.26. The number of para-hydroxylation sites is 1. The van der Waals surface area contributed by atoms with Crippen molar-refractivity contribution < 1.29 is 43.9 Å². The van der Waals surface area contributed by atoms with Gasteiger partial charge in [0.25, 0.3) is 5.92 Å². The van der Waals surface area contributed by atoms with Gasteiger partial charge < -0.3 is 9.88 Å². The summed E-state index contributed by atoms with van der Waals surface area (Å²) in [5.41, 5.74) is -1.10. The second-order valence-corrected chi connectivity index (χ2v) is 16.4. The lowest BCUT2D eigenvalue weighted by Crippen LogP contribution is -2.35. The molecule has 2 N–H and O–H groups in total. The zero-order chi connectivity index (χ0) is 41.5. The zero-order valence-corrected chi connectivity index (χ0v) is 31.6. The van der Waals surface area contributed by atoms with Gasteiger partial charge in [0, 0.05) is 54.6 Å². The van der Waals surface area contributed by atoms with E-state index in [2.05, 4.69) is 37.1 Å². The SMILES string of the molecule is Cn1cncc1C#Cc1ccc(-c2cccc3c(NS(C)(=O)=O)nn(C)c23)c([C@H](C[C@H]2C=C(F)C=C(F)C2)NC(=O)Cn2nc(C(F)(F)F)c3c2C(F)(F)[C@@H]2C[C@H]32)n1. The minimum atomic E-state index is -5.06. The maximum Gasteiger partial charge on any atom is 0.435 e. The van der Waals surface area contributed by atoms with Crippen LogP contribution in [0.3, 0.4) is 0 Å². The molecule has 4 aromatic heterocycles. The molecular formula is C38H32F7N9O3S. The Balaban J connectivity index is 1.26. The molecule has 3 aliphatic rings. The third-order valence-electron chi connectivity index (χ3n) is 10.3. The average molecular weight is 828 g/mol. The van der Waals surface area contributed by atoms with Gasteiger partial charge >= 0.3 is 6.18 Å². The van der Waals surface area contributed by atoms with E-state index in [1.807, 2.05) is 0 Å². The number of alkyl halides is 5. The van der Waals surface area contributed by atoms with E-state index < -0.39 is 87.0 Å². The summed E-state index contributed by atoms with van der Waals surface area (Å²) in [6.45, 7) is -1.04. The van der Waals surface area contributed by atoms with Crippen molar-refractivity contribution in [2.75, 3.05) is 11.0 Å². The first-order chi connectivity index (χ1) is 27.3. The number of carbonyl (C=O) groups excluding carboxylic acids is 1. The highest BCUT2D eigenvalue weighted by atomic mass is 32.2.